The molecule has 2 unspecified atom stereocenters. The van der Waals surface area contributed by atoms with Crippen molar-refractivity contribution in [2.75, 3.05) is 18.1 Å². The van der Waals surface area contributed by atoms with Crippen molar-refractivity contribution in [1.29, 1.82) is 0 Å². The summed E-state index contributed by atoms with van der Waals surface area (Å²) < 4.78 is 22.7. The topological polar surface area (TPSA) is 54.5 Å². The van der Waals surface area contributed by atoms with Gasteiger partial charge >= 0.3 is 0 Å². The summed E-state index contributed by atoms with van der Waals surface area (Å²) in [6.07, 6.45) is 0.504. The average molecular weight is 233 g/mol. The smallest absolute Gasteiger partial charge is 0.153 e. The summed E-state index contributed by atoms with van der Waals surface area (Å²) >= 11 is 0. The first-order chi connectivity index (χ1) is 6.82. The first-order valence-electron chi connectivity index (χ1n) is 5.27. The van der Waals surface area contributed by atoms with Crippen molar-refractivity contribution >= 4 is 15.6 Å². The lowest BCUT2D eigenvalue weighted by molar-refractivity contribution is -0.118. The molecule has 0 aromatic heterocycles. The van der Waals surface area contributed by atoms with Gasteiger partial charge in [0.1, 0.15) is 5.78 Å². The Morgan fingerprint density at radius 1 is 1.53 bits per heavy atom. The quantitative estimate of drug-likeness (QED) is 0.711. The molecule has 0 N–H and O–H groups in total. The summed E-state index contributed by atoms with van der Waals surface area (Å²) in [5, 5.41) is 0. The van der Waals surface area contributed by atoms with Crippen molar-refractivity contribution in [1.82, 2.24) is 4.90 Å². The molecule has 1 heterocycles. The third-order valence-corrected chi connectivity index (χ3v) is 4.67. The summed E-state index contributed by atoms with van der Waals surface area (Å²) in [5.41, 5.74) is 0. The molecule has 15 heavy (non-hydrogen) atoms. The average Bonchev–Trinajstić information content (AvgIpc) is 1.99. The molecule has 1 saturated heterocycles. The molecular weight excluding hydrogens is 214 g/mol. The van der Waals surface area contributed by atoms with E-state index in [1.165, 1.54) is 0 Å². The molecule has 1 rings (SSSR count). The molecule has 0 saturated carbocycles. The van der Waals surface area contributed by atoms with Crippen LogP contribution in [0.2, 0.25) is 0 Å². The molecule has 4 nitrogen and oxygen atoms in total. The van der Waals surface area contributed by atoms with Crippen LogP contribution in [-0.2, 0) is 14.6 Å². The van der Waals surface area contributed by atoms with Crippen LogP contribution in [-0.4, -0.2) is 49.2 Å². The van der Waals surface area contributed by atoms with Crippen LogP contribution in [0.4, 0.5) is 0 Å². The first kappa shape index (κ1) is 12.6. The van der Waals surface area contributed by atoms with Crippen LogP contribution in [0, 0.1) is 0 Å². The Hall–Kier alpha value is -0.420. The van der Waals surface area contributed by atoms with Crippen LogP contribution < -0.4 is 0 Å². The molecule has 1 aliphatic heterocycles. The number of carbonyl (C=O) groups excluding carboxylic acids is 1. The van der Waals surface area contributed by atoms with Gasteiger partial charge in [-0.05, 0) is 20.8 Å². The fraction of sp³-hybridized carbons (Fsp3) is 0.900. The van der Waals surface area contributed by atoms with E-state index in [0.717, 1.165) is 0 Å². The summed E-state index contributed by atoms with van der Waals surface area (Å²) in [7, 11) is -2.85. The van der Waals surface area contributed by atoms with Crippen LogP contribution in [0.5, 0.6) is 0 Å². The molecule has 0 aliphatic carbocycles. The molecule has 0 bridgehead atoms. The summed E-state index contributed by atoms with van der Waals surface area (Å²) in [6.45, 7) is 6.02. The molecule has 0 spiro atoms. The minimum Gasteiger partial charge on any atom is -0.300 e. The highest BCUT2D eigenvalue weighted by Gasteiger charge is 2.31. The second-order valence-corrected chi connectivity index (χ2v) is 6.69. The predicted octanol–water partition coefficient (Wildman–Crippen LogP) is 0.473. The first-order valence-corrected chi connectivity index (χ1v) is 7.09. The zero-order valence-electron chi connectivity index (χ0n) is 9.56. The van der Waals surface area contributed by atoms with Gasteiger partial charge in [-0.15, -0.1) is 0 Å². The number of hydrogen-bond donors (Lipinski definition) is 0. The summed E-state index contributed by atoms with van der Waals surface area (Å²) in [6, 6.07) is 0.172. The van der Waals surface area contributed by atoms with E-state index in [2.05, 4.69) is 4.90 Å². The normalized spacial score (nSPS) is 28.6. The van der Waals surface area contributed by atoms with Gasteiger partial charge in [0.15, 0.2) is 9.84 Å². The van der Waals surface area contributed by atoms with E-state index in [4.69, 9.17) is 0 Å². The lowest BCUT2D eigenvalue weighted by Gasteiger charge is -2.37. The molecule has 0 radical (unpaired) electrons. The third-order valence-electron chi connectivity index (χ3n) is 2.87. The van der Waals surface area contributed by atoms with Crippen molar-refractivity contribution in [2.45, 2.75) is 39.3 Å². The second kappa shape index (κ2) is 4.61. The van der Waals surface area contributed by atoms with Crippen molar-refractivity contribution in [2.24, 2.45) is 0 Å². The lowest BCUT2D eigenvalue weighted by Crippen LogP contribution is -2.51. The Morgan fingerprint density at radius 2 is 2.13 bits per heavy atom. The molecular formula is C10H19NO3S. The largest absolute Gasteiger partial charge is 0.300 e. The number of nitrogens with zero attached hydrogens (tertiary/aromatic N) is 1. The Bertz CT molecular complexity index is 337. The highest BCUT2D eigenvalue weighted by atomic mass is 32.2. The number of hydrogen-bond acceptors (Lipinski definition) is 4. The van der Waals surface area contributed by atoms with Crippen molar-refractivity contribution in [3.05, 3.63) is 0 Å². The van der Waals surface area contributed by atoms with Gasteiger partial charge in [-0.25, -0.2) is 8.42 Å². The maximum absolute atomic E-state index is 11.4. The van der Waals surface area contributed by atoms with Crippen molar-refractivity contribution in [3.8, 4) is 0 Å². The Morgan fingerprint density at radius 3 is 2.60 bits per heavy atom. The fourth-order valence-corrected chi connectivity index (χ4v) is 3.78. The van der Waals surface area contributed by atoms with E-state index in [0.29, 0.717) is 13.0 Å². The second-order valence-electron chi connectivity index (χ2n) is 4.46. The Balaban J connectivity index is 2.61. The standard InChI is InChI=1S/C10H19NO3S/c1-8(6-10(3)12)11-4-5-15(13,14)7-9(11)2/h8-9H,4-7H2,1-3H3. The van der Waals surface area contributed by atoms with Crippen molar-refractivity contribution in [3.63, 3.8) is 0 Å². The highest BCUT2D eigenvalue weighted by Crippen LogP contribution is 2.16. The highest BCUT2D eigenvalue weighted by molar-refractivity contribution is 7.91. The minimum absolute atomic E-state index is 0.0260. The van der Waals surface area contributed by atoms with Crippen molar-refractivity contribution < 1.29 is 13.2 Å². The van der Waals surface area contributed by atoms with Crippen LogP contribution in [0.3, 0.4) is 0 Å². The van der Waals surface area contributed by atoms with Gasteiger partial charge in [-0.1, -0.05) is 0 Å². The van der Waals surface area contributed by atoms with Crippen LogP contribution in [0.1, 0.15) is 27.2 Å². The maximum Gasteiger partial charge on any atom is 0.153 e. The van der Waals surface area contributed by atoms with Gasteiger partial charge in [-0.2, -0.15) is 0 Å². The molecule has 1 aliphatic rings. The van der Waals surface area contributed by atoms with Crippen LogP contribution in [0.15, 0.2) is 0 Å². The molecule has 5 heteroatoms. The Kier molecular flexibility index (Phi) is 3.89. The van der Waals surface area contributed by atoms with E-state index < -0.39 is 9.84 Å². The zero-order valence-corrected chi connectivity index (χ0v) is 10.4. The van der Waals surface area contributed by atoms with Gasteiger partial charge in [0.05, 0.1) is 11.5 Å². The number of sulfone groups is 1. The van der Waals surface area contributed by atoms with Gasteiger partial charge in [-0.3, -0.25) is 9.69 Å². The monoisotopic (exact) mass is 233 g/mol. The molecule has 0 amide bonds. The molecule has 0 aromatic carbocycles. The summed E-state index contributed by atoms with van der Waals surface area (Å²) in [4.78, 5) is 13.1. The van der Waals surface area contributed by atoms with Gasteiger partial charge in [0, 0.05) is 25.0 Å². The van der Waals surface area contributed by atoms with Crippen LogP contribution >= 0.6 is 0 Å². The SMILES string of the molecule is CC(=O)CC(C)N1CCS(=O)(=O)CC1C. The minimum atomic E-state index is -2.85. The number of rotatable bonds is 3. The van der Waals surface area contributed by atoms with Gasteiger partial charge < -0.3 is 0 Å². The van der Waals surface area contributed by atoms with Crippen LogP contribution in [0.25, 0.3) is 0 Å². The zero-order chi connectivity index (χ0) is 11.6. The predicted molar refractivity (Wildman–Crippen MR) is 59.6 cm³/mol. The van der Waals surface area contributed by atoms with E-state index in [9.17, 15) is 13.2 Å². The van der Waals surface area contributed by atoms with Gasteiger partial charge in [0.2, 0.25) is 0 Å². The number of Topliss-reactive ketones (excluding diaryl/α,β-unsaturated/α-hetero) is 1. The number of carbonyl (C=O) groups is 1. The number of ketones is 1. The summed E-state index contributed by atoms with van der Waals surface area (Å²) in [5.74, 6) is 0.595. The van der Waals surface area contributed by atoms with E-state index in [1.807, 2.05) is 13.8 Å². The van der Waals surface area contributed by atoms with E-state index in [1.54, 1.807) is 6.92 Å². The lowest BCUT2D eigenvalue weighted by atomic mass is 10.1. The molecule has 1 fully saturated rings. The van der Waals surface area contributed by atoms with E-state index >= 15 is 0 Å². The Labute approximate surface area is 91.6 Å². The van der Waals surface area contributed by atoms with E-state index in [-0.39, 0.29) is 29.4 Å². The fourth-order valence-electron chi connectivity index (χ4n) is 2.20. The van der Waals surface area contributed by atoms with Gasteiger partial charge in [0.25, 0.3) is 0 Å². The molecule has 2 atom stereocenters. The third kappa shape index (κ3) is 3.57. The molecule has 0 aromatic rings. The maximum atomic E-state index is 11.4. The molecule has 88 valence electrons.